The Bertz CT molecular complexity index is 481. The lowest BCUT2D eigenvalue weighted by molar-refractivity contribution is -0.0445. The van der Waals surface area contributed by atoms with Crippen LogP contribution >= 0.6 is 28.6 Å². The van der Waals surface area contributed by atoms with Gasteiger partial charge in [-0.1, -0.05) is 22.9 Å². The van der Waals surface area contributed by atoms with Gasteiger partial charge >= 0.3 is 0 Å². The van der Waals surface area contributed by atoms with E-state index in [9.17, 15) is 4.79 Å². The van der Waals surface area contributed by atoms with Crippen molar-refractivity contribution in [3.63, 3.8) is 0 Å². The molecule has 19 heavy (non-hydrogen) atoms. The van der Waals surface area contributed by atoms with E-state index in [1.807, 2.05) is 30.0 Å². The number of benzene rings is 1. The molecule has 1 aliphatic rings. The zero-order valence-corrected chi connectivity index (χ0v) is 13.6. The van der Waals surface area contributed by atoms with Crippen molar-refractivity contribution in [3.8, 4) is 0 Å². The van der Waals surface area contributed by atoms with Gasteiger partial charge in [0.05, 0.1) is 24.3 Å². The van der Waals surface area contributed by atoms with E-state index in [0.717, 1.165) is 10.9 Å². The minimum absolute atomic E-state index is 0.0412. The Hall–Kier alpha value is -0.520. The van der Waals surface area contributed by atoms with E-state index in [1.54, 1.807) is 0 Å². The van der Waals surface area contributed by atoms with Crippen LogP contribution in [0, 0.1) is 0 Å². The first kappa shape index (κ1) is 14.9. The molecule has 5 heteroatoms. The fraction of sp³-hybridized carbons (Fsp3) is 0.500. The van der Waals surface area contributed by atoms with Gasteiger partial charge in [-0.2, -0.15) is 0 Å². The highest BCUT2D eigenvalue weighted by atomic mass is 79.9. The molecule has 1 saturated heterocycles. The number of thiol groups is 1. The lowest BCUT2D eigenvalue weighted by atomic mass is 10.1. The van der Waals surface area contributed by atoms with Crippen molar-refractivity contribution in [2.45, 2.75) is 37.3 Å². The third kappa shape index (κ3) is 3.33. The van der Waals surface area contributed by atoms with Gasteiger partial charge in [-0.15, -0.1) is 12.6 Å². The maximum atomic E-state index is 12.7. The van der Waals surface area contributed by atoms with Crippen LogP contribution in [0.2, 0.25) is 0 Å². The number of carbonyl (C=O) groups excluding carboxylic acids is 1. The van der Waals surface area contributed by atoms with Gasteiger partial charge in [-0.25, -0.2) is 0 Å². The van der Waals surface area contributed by atoms with Crippen molar-refractivity contribution in [1.29, 1.82) is 0 Å². The molecule has 1 fully saturated rings. The Morgan fingerprint density at radius 3 is 2.95 bits per heavy atom. The van der Waals surface area contributed by atoms with E-state index < -0.39 is 0 Å². The summed E-state index contributed by atoms with van der Waals surface area (Å²) in [5.74, 6) is 0.0412. The SMILES string of the molecule is CCC1COC(C)CN1C(=O)c1ccc(Br)cc1S. The monoisotopic (exact) mass is 343 g/mol. The number of morpholine rings is 1. The second kappa shape index (κ2) is 6.29. The van der Waals surface area contributed by atoms with Crippen molar-refractivity contribution < 1.29 is 9.53 Å². The predicted octanol–water partition coefficient (Wildman–Crippen LogP) is 3.38. The predicted molar refractivity (Wildman–Crippen MR) is 81.9 cm³/mol. The summed E-state index contributed by atoms with van der Waals surface area (Å²) in [6, 6.07) is 5.70. The van der Waals surface area contributed by atoms with Crippen LogP contribution in [-0.2, 0) is 4.74 Å². The summed E-state index contributed by atoms with van der Waals surface area (Å²) in [5.41, 5.74) is 0.652. The second-order valence-corrected chi connectivity index (χ2v) is 6.22. The van der Waals surface area contributed by atoms with Crippen LogP contribution in [-0.4, -0.2) is 36.1 Å². The fourth-order valence-electron chi connectivity index (χ4n) is 2.27. The Morgan fingerprint density at radius 2 is 2.32 bits per heavy atom. The Kier molecular flexibility index (Phi) is 4.92. The molecule has 1 aromatic carbocycles. The Morgan fingerprint density at radius 1 is 1.58 bits per heavy atom. The molecular weight excluding hydrogens is 326 g/mol. The molecule has 1 aliphatic heterocycles. The summed E-state index contributed by atoms with van der Waals surface area (Å²) >= 11 is 7.78. The number of hydrogen-bond acceptors (Lipinski definition) is 3. The number of ether oxygens (including phenoxy) is 1. The van der Waals surface area contributed by atoms with E-state index >= 15 is 0 Å². The van der Waals surface area contributed by atoms with Crippen LogP contribution in [0.25, 0.3) is 0 Å². The van der Waals surface area contributed by atoms with E-state index in [2.05, 4.69) is 35.5 Å². The van der Waals surface area contributed by atoms with Crippen molar-refractivity contribution >= 4 is 34.5 Å². The highest BCUT2D eigenvalue weighted by Crippen LogP contribution is 2.24. The molecule has 0 spiro atoms. The Labute approximate surface area is 127 Å². The first-order chi connectivity index (χ1) is 9.02. The zero-order valence-electron chi connectivity index (χ0n) is 11.1. The summed E-state index contributed by atoms with van der Waals surface area (Å²) in [6.07, 6.45) is 0.988. The largest absolute Gasteiger partial charge is 0.375 e. The maximum Gasteiger partial charge on any atom is 0.255 e. The molecule has 0 N–H and O–H groups in total. The first-order valence-electron chi connectivity index (χ1n) is 6.44. The number of hydrogen-bond donors (Lipinski definition) is 1. The summed E-state index contributed by atoms with van der Waals surface area (Å²) in [7, 11) is 0. The van der Waals surface area contributed by atoms with Crippen molar-refractivity contribution in [3.05, 3.63) is 28.2 Å². The van der Waals surface area contributed by atoms with Gasteiger partial charge < -0.3 is 9.64 Å². The summed E-state index contributed by atoms with van der Waals surface area (Å²) < 4.78 is 6.55. The molecule has 3 nitrogen and oxygen atoms in total. The molecule has 2 rings (SSSR count). The fourth-order valence-corrected chi connectivity index (χ4v) is 3.12. The molecule has 1 aromatic rings. The molecule has 0 saturated carbocycles. The standard InChI is InChI=1S/C14H18BrNO2S/c1-3-11-8-18-9(2)7-16(11)14(17)12-5-4-10(15)6-13(12)19/h4-6,9,11,19H,3,7-8H2,1-2H3. The molecule has 0 radical (unpaired) electrons. The molecule has 0 aliphatic carbocycles. The minimum Gasteiger partial charge on any atom is -0.375 e. The van der Waals surface area contributed by atoms with Crippen LogP contribution in [0.3, 0.4) is 0 Å². The van der Waals surface area contributed by atoms with Gasteiger partial charge in [0, 0.05) is 15.9 Å². The highest BCUT2D eigenvalue weighted by molar-refractivity contribution is 9.10. The van der Waals surface area contributed by atoms with E-state index in [-0.39, 0.29) is 18.1 Å². The number of nitrogens with zero attached hydrogens (tertiary/aromatic N) is 1. The lowest BCUT2D eigenvalue weighted by Gasteiger charge is -2.38. The molecule has 2 atom stereocenters. The topological polar surface area (TPSA) is 29.5 Å². The van der Waals surface area contributed by atoms with Gasteiger partial charge in [0.2, 0.25) is 0 Å². The zero-order chi connectivity index (χ0) is 14.0. The average Bonchev–Trinajstić information content (AvgIpc) is 2.38. The van der Waals surface area contributed by atoms with Gasteiger partial charge in [0.25, 0.3) is 5.91 Å². The van der Waals surface area contributed by atoms with Crippen molar-refractivity contribution in [2.75, 3.05) is 13.2 Å². The summed E-state index contributed by atoms with van der Waals surface area (Å²) in [6.45, 7) is 5.32. The molecule has 0 bridgehead atoms. The Balaban J connectivity index is 2.25. The number of halogens is 1. The lowest BCUT2D eigenvalue weighted by Crippen LogP contribution is -2.51. The quantitative estimate of drug-likeness (QED) is 0.834. The van der Waals surface area contributed by atoms with Crippen LogP contribution in [0.4, 0.5) is 0 Å². The first-order valence-corrected chi connectivity index (χ1v) is 7.68. The summed E-state index contributed by atoms with van der Waals surface area (Å²) in [4.78, 5) is 15.3. The molecular formula is C14H18BrNO2S. The number of rotatable bonds is 2. The molecule has 1 heterocycles. The highest BCUT2D eigenvalue weighted by Gasteiger charge is 2.30. The van der Waals surface area contributed by atoms with E-state index in [1.165, 1.54) is 0 Å². The van der Waals surface area contributed by atoms with Gasteiger partial charge in [-0.3, -0.25) is 4.79 Å². The van der Waals surface area contributed by atoms with Gasteiger partial charge in [-0.05, 0) is 31.5 Å². The van der Waals surface area contributed by atoms with Crippen molar-refractivity contribution in [2.24, 2.45) is 0 Å². The van der Waals surface area contributed by atoms with Gasteiger partial charge in [0.15, 0.2) is 0 Å². The molecule has 104 valence electrons. The van der Waals surface area contributed by atoms with Crippen LogP contribution in [0.1, 0.15) is 30.6 Å². The van der Waals surface area contributed by atoms with Crippen LogP contribution in [0.5, 0.6) is 0 Å². The number of carbonyl (C=O) groups is 1. The normalized spacial score (nSPS) is 23.5. The van der Waals surface area contributed by atoms with E-state index in [4.69, 9.17) is 4.74 Å². The van der Waals surface area contributed by atoms with E-state index in [0.29, 0.717) is 23.6 Å². The minimum atomic E-state index is 0.0412. The molecule has 0 aromatic heterocycles. The third-order valence-electron chi connectivity index (χ3n) is 3.39. The molecule has 2 unspecified atom stereocenters. The van der Waals surface area contributed by atoms with Crippen LogP contribution in [0.15, 0.2) is 27.6 Å². The molecule has 1 amide bonds. The van der Waals surface area contributed by atoms with Crippen LogP contribution < -0.4 is 0 Å². The third-order valence-corrected chi connectivity index (χ3v) is 4.25. The van der Waals surface area contributed by atoms with Gasteiger partial charge in [0.1, 0.15) is 0 Å². The smallest absolute Gasteiger partial charge is 0.255 e. The summed E-state index contributed by atoms with van der Waals surface area (Å²) in [5, 5.41) is 0. The number of amides is 1. The average molecular weight is 344 g/mol. The second-order valence-electron chi connectivity index (χ2n) is 4.83. The maximum absolute atomic E-state index is 12.7. The van der Waals surface area contributed by atoms with Crippen molar-refractivity contribution in [1.82, 2.24) is 4.90 Å².